The van der Waals surface area contributed by atoms with Crippen LogP contribution in [0.15, 0.2) is 30.3 Å². The molecule has 0 atom stereocenters. The van der Waals surface area contributed by atoms with Crippen LogP contribution < -0.4 is 9.62 Å². The van der Waals surface area contributed by atoms with Gasteiger partial charge < -0.3 is 9.80 Å². The highest BCUT2D eigenvalue weighted by Gasteiger charge is 2.22. The smallest absolute Gasteiger partial charge is 0.232 e. The van der Waals surface area contributed by atoms with E-state index in [1.807, 2.05) is 19.1 Å². The zero-order valence-electron chi connectivity index (χ0n) is 17.1. The van der Waals surface area contributed by atoms with E-state index in [9.17, 15) is 8.42 Å². The van der Waals surface area contributed by atoms with Gasteiger partial charge in [0.05, 0.1) is 16.5 Å². The monoisotopic (exact) mass is 489 g/mol. The van der Waals surface area contributed by atoms with Crippen LogP contribution in [0.1, 0.15) is 20.3 Å². The Kier molecular flexibility index (Phi) is 7.80. The molecule has 0 bridgehead atoms. The van der Waals surface area contributed by atoms with Crippen LogP contribution >= 0.6 is 34.8 Å². The van der Waals surface area contributed by atoms with Crippen LogP contribution in [0.3, 0.4) is 0 Å². The maximum absolute atomic E-state index is 12.4. The number of benzene rings is 2. The fraction of sp³-hybridized carbons (Fsp3) is 0.429. The number of sulfonamides is 1. The quantitative estimate of drug-likeness (QED) is 0.548. The molecule has 1 N–H and O–H groups in total. The lowest BCUT2D eigenvalue weighted by Crippen LogP contribution is -2.46. The highest BCUT2D eigenvalue weighted by molar-refractivity contribution is 7.92. The summed E-state index contributed by atoms with van der Waals surface area (Å²) < 4.78 is 27.6. The third-order valence-corrected chi connectivity index (χ3v) is 7.63. The van der Waals surface area contributed by atoms with Crippen LogP contribution in [0.2, 0.25) is 15.1 Å². The van der Waals surface area contributed by atoms with Crippen LogP contribution in [-0.2, 0) is 10.0 Å². The normalized spacial score (nSPS) is 15.4. The second-order valence-corrected chi connectivity index (χ2v) is 10.4. The van der Waals surface area contributed by atoms with Gasteiger partial charge >= 0.3 is 0 Å². The lowest BCUT2D eigenvalue weighted by molar-refractivity contribution is 0.271. The van der Waals surface area contributed by atoms with Crippen molar-refractivity contribution in [1.82, 2.24) is 4.90 Å². The molecule has 0 aliphatic carbocycles. The number of hydrogen-bond acceptors (Lipinski definition) is 4. The molecule has 0 radical (unpaired) electrons. The molecule has 5 nitrogen and oxygen atoms in total. The zero-order chi connectivity index (χ0) is 21.9. The molecule has 1 aliphatic heterocycles. The molecule has 1 aliphatic rings. The summed E-state index contributed by atoms with van der Waals surface area (Å²) in [5, 5.41) is 1.30. The van der Waals surface area contributed by atoms with Gasteiger partial charge in [0.25, 0.3) is 0 Å². The SMILES string of the molecule is CCCS(=O)(=O)Nc1cc(N2CCN(CC)CC2)cc(-c2ccc(Cl)cc2Cl)c1Cl. The predicted molar refractivity (Wildman–Crippen MR) is 129 cm³/mol. The molecule has 1 heterocycles. The Hall–Kier alpha value is -1.18. The van der Waals surface area contributed by atoms with Crippen molar-refractivity contribution in [2.24, 2.45) is 0 Å². The summed E-state index contributed by atoms with van der Waals surface area (Å²) in [5.74, 6) is 0.0275. The highest BCUT2D eigenvalue weighted by atomic mass is 35.5. The largest absolute Gasteiger partial charge is 0.369 e. The van der Waals surface area contributed by atoms with Gasteiger partial charge in [-0.15, -0.1) is 0 Å². The van der Waals surface area contributed by atoms with E-state index < -0.39 is 10.0 Å². The molecule has 1 fully saturated rings. The topological polar surface area (TPSA) is 52.7 Å². The molecular weight excluding hydrogens is 465 g/mol. The highest BCUT2D eigenvalue weighted by Crippen LogP contribution is 2.42. The van der Waals surface area contributed by atoms with E-state index in [-0.39, 0.29) is 5.75 Å². The maximum Gasteiger partial charge on any atom is 0.232 e. The summed E-state index contributed by atoms with van der Waals surface area (Å²) in [6, 6.07) is 8.98. The van der Waals surface area contributed by atoms with Gasteiger partial charge in [-0.05, 0) is 37.2 Å². The second-order valence-electron chi connectivity index (χ2n) is 7.32. The van der Waals surface area contributed by atoms with Crippen LogP contribution in [0.5, 0.6) is 0 Å². The van der Waals surface area contributed by atoms with Crippen LogP contribution in [0, 0.1) is 0 Å². The number of piperazine rings is 1. The van der Waals surface area contributed by atoms with Crippen molar-refractivity contribution in [3.8, 4) is 11.1 Å². The zero-order valence-corrected chi connectivity index (χ0v) is 20.2. The van der Waals surface area contributed by atoms with E-state index in [0.717, 1.165) is 38.4 Å². The van der Waals surface area contributed by atoms with Gasteiger partial charge in [0.1, 0.15) is 0 Å². The van der Waals surface area contributed by atoms with Crippen molar-refractivity contribution in [3.63, 3.8) is 0 Å². The number of likely N-dealkylation sites (N-methyl/N-ethyl adjacent to an activating group) is 1. The minimum absolute atomic E-state index is 0.0275. The van der Waals surface area contributed by atoms with E-state index in [1.54, 1.807) is 18.2 Å². The number of hydrogen-bond donors (Lipinski definition) is 1. The predicted octanol–water partition coefficient (Wildman–Crippen LogP) is 5.61. The molecule has 2 aromatic rings. The minimum atomic E-state index is -3.50. The van der Waals surface area contributed by atoms with Crippen molar-refractivity contribution in [3.05, 3.63) is 45.4 Å². The molecular formula is C21H26Cl3N3O2S. The molecule has 1 saturated heterocycles. The molecule has 0 aromatic heterocycles. The Labute approximate surface area is 194 Å². The first kappa shape index (κ1) is 23.5. The van der Waals surface area contributed by atoms with Gasteiger partial charge in [0.2, 0.25) is 10.0 Å². The molecule has 30 heavy (non-hydrogen) atoms. The van der Waals surface area contributed by atoms with Crippen molar-refractivity contribution in [1.29, 1.82) is 0 Å². The van der Waals surface area contributed by atoms with E-state index in [2.05, 4.69) is 21.4 Å². The van der Waals surface area contributed by atoms with Crippen molar-refractivity contribution in [2.75, 3.05) is 48.1 Å². The van der Waals surface area contributed by atoms with Crippen LogP contribution in [-0.4, -0.2) is 51.8 Å². The average Bonchev–Trinajstić information content (AvgIpc) is 2.70. The Bertz CT molecular complexity index is 1010. The Morgan fingerprint density at radius 2 is 1.67 bits per heavy atom. The Balaban J connectivity index is 2.08. The molecule has 0 saturated carbocycles. The van der Waals surface area contributed by atoms with Crippen molar-refractivity contribution in [2.45, 2.75) is 20.3 Å². The average molecular weight is 491 g/mol. The van der Waals surface area contributed by atoms with Crippen LogP contribution in [0.25, 0.3) is 11.1 Å². The van der Waals surface area contributed by atoms with Gasteiger partial charge in [0.15, 0.2) is 0 Å². The summed E-state index contributed by atoms with van der Waals surface area (Å²) in [5.41, 5.74) is 2.64. The fourth-order valence-corrected chi connectivity index (χ4v) is 5.54. The first-order valence-corrected chi connectivity index (χ1v) is 12.8. The van der Waals surface area contributed by atoms with Gasteiger partial charge in [-0.2, -0.15) is 0 Å². The number of rotatable bonds is 7. The standard InChI is InChI=1S/C21H26Cl3N3O2S/c1-3-11-30(28,29)25-20-14-16(27-9-7-26(4-2)8-10-27)13-18(21(20)24)17-6-5-15(22)12-19(17)23/h5-6,12-14,25H,3-4,7-11H2,1-2H3. The molecule has 164 valence electrons. The molecule has 0 spiro atoms. The van der Waals surface area contributed by atoms with Crippen LogP contribution in [0.4, 0.5) is 11.4 Å². The summed E-state index contributed by atoms with van der Waals surface area (Å²) >= 11 is 19.2. The lowest BCUT2D eigenvalue weighted by Gasteiger charge is -2.36. The number of anilines is 2. The number of nitrogens with zero attached hydrogens (tertiary/aromatic N) is 2. The lowest BCUT2D eigenvalue weighted by atomic mass is 10.0. The molecule has 2 aromatic carbocycles. The summed E-state index contributed by atoms with van der Waals surface area (Å²) in [7, 11) is -3.50. The van der Waals surface area contributed by atoms with E-state index in [0.29, 0.717) is 38.3 Å². The van der Waals surface area contributed by atoms with Gasteiger partial charge in [-0.25, -0.2) is 8.42 Å². The molecule has 9 heteroatoms. The van der Waals surface area contributed by atoms with Gasteiger partial charge in [0, 0.05) is 53.0 Å². The summed E-state index contributed by atoms with van der Waals surface area (Å²) in [4.78, 5) is 4.63. The maximum atomic E-state index is 12.4. The molecule has 0 unspecified atom stereocenters. The van der Waals surface area contributed by atoms with Crippen molar-refractivity contribution >= 4 is 56.2 Å². The number of halogens is 3. The fourth-order valence-electron chi connectivity index (χ4n) is 3.58. The Morgan fingerprint density at radius 1 is 0.967 bits per heavy atom. The van der Waals surface area contributed by atoms with Gasteiger partial charge in [-0.3, -0.25) is 4.72 Å². The second kappa shape index (κ2) is 9.96. The first-order valence-electron chi connectivity index (χ1n) is 10.0. The molecule has 0 amide bonds. The van der Waals surface area contributed by atoms with Crippen molar-refractivity contribution < 1.29 is 8.42 Å². The van der Waals surface area contributed by atoms with E-state index in [1.165, 1.54) is 0 Å². The van der Waals surface area contributed by atoms with E-state index >= 15 is 0 Å². The first-order chi connectivity index (χ1) is 14.2. The van der Waals surface area contributed by atoms with Gasteiger partial charge in [-0.1, -0.05) is 54.7 Å². The Morgan fingerprint density at radius 3 is 2.27 bits per heavy atom. The number of nitrogens with one attached hydrogen (secondary N) is 1. The summed E-state index contributed by atoms with van der Waals surface area (Å²) in [6.07, 6.45) is 0.515. The third-order valence-electron chi connectivity index (χ3n) is 5.20. The third kappa shape index (κ3) is 5.54. The summed E-state index contributed by atoms with van der Waals surface area (Å²) in [6.45, 7) is 8.60. The minimum Gasteiger partial charge on any atom is -0.369 e. The molecule has 3 rings (SSSR count). The van der Waals surface area contributed by atoms with E-state index in [4.69, 9.17) is 34.8 Å².